The van der Waals surface area contributed by atoms with Crippen LogP contribution in [0.15, 0.2) is 18.3 Å². The van der Waals surface area contributed by atoms with Crippen molar-refractivity contribution in [2.24, 2.45) is 0 Å². The molecule has 1 amide bonds. The summed E-state index contributed by atoms with van der Waals surface area (Å²) in [5.41, 5.74) is 6.22. The Hall–Kier alpha value is -1.23. The van der Waals surface area contributed by atoms with E-state index in [1.54, 1.807) is 18.3 Å². The number of carbonyl (C=O) groups excluding carboxylic acids is 1. The van der Waals surface area contributed by atoms with Gasteiger partial charge in [-0.2, -0.15) is 11.8 Å². The highest BCUT2D eigenvalue weighted by Crippen LogP contribution is 2.20. The van der Waals surface area contributed by atoms with E-state index in [2.05, 4.69) is 11.9 Å². The molecule has 1 unspecified atom stereocenters. The number of rotatable bonds is 1. The van der Waals surface area contributed by atoms with Crippen LogP contribution in [-0.2, 0) is 0 Å². The summed E-state index contributed by atoms with van der Waals surface area (Å²) in [7, 11) is 0. The Morgan fingerprint density at radius 1 is 1.69 bits per heavy atom. The lowest BCUT2D eigenvalue weighted by atomic mass is 10.2. The number of pyridine rings is 1. The van der Waals surface area contributed by atoms with Crippen LogP contribution in [0.2, 0.25) is 0 Å². The third-order valence-corrected chi connectivity index (χ3v) is 3.89. The fourth-order valence-electron chi connectivity index (χ4n) is 1.78. The van der Waals surface area contributed by atoms with Crippen LogP contribution in [0.3, 0.4) is 0 Å². The molecule has 0 aromatic carbocycles. The minimum absolute atomic E-state index is 0.00148. The normalized spacial score (nSPS) is 20.8. The molecule has 0 saturated carbocycles. The quantitative estimate of drug-likeness (QED) is 0.798. The number of nitrogens with zero attached hydrogens (tertiary/aromatic N) is 2. The van der Waals surface area contributed by atoms with Crippen LogP contribution in [0.1, 0.15) is 17.3 Å². The molecular weight excluding hydrogens is 222 g/mol. The monoisotopic (exact) mass is 237 g/mol. The van der Waals surface area contributed by atoms with Gasteiger partial charge < -0.3 is 10.6 Å². The topological polar surface area (TPSA) is 59.2 Å². The van der Waals surface area contributed by atoms with Crippen molar-refractivity contribution >= 4 is 23.5 Å². The average Bonchev–Trinajstić information content (AvgIpc) is 2.29. The van der Waals surface area contributed by atoms with E-state index >= 15 is 0 Å². The van der Waals surface area contributed by atoms with Gasteiger partial charge in [-0.15, -0.1) is 0 Å². The lowest BCUT2D eigenvalue weighted by molar-refractivity contribution is 0.0717. The zero-order valence-corrected chi connectivity index (χ0v) is 10.0. The van der Waals surface area contributed by atoms with Gasteiger partial charge in [-0.05, 0) is 19.1 Å². The molecule has 1 saturated heterocycles. The third-order valence-electron chi connectivity index (χ3n) is 2.70. The number of thioether (sulfide) groups is 1. The van der Waals surface area contributed by atoms with Gasteiger partial charge in [-0.3, -0.25) is 4.79 Å². The van der Waals surface area contributed by atoms with Gasteiger partial charge in [0.25, 0.3) is 5.91 Å². The number of hydrogen-bond donors (Lipinski definition) is 1. The highest BCUT2D eigenvalue weighted by molar-refractivity contribution is 7.99. The highest BCUT2D eigenvalue weighted by Gasteiger charge is 2.25. The molecule has 16 heavy (non-hydrogen) atoms. The number of hydrogen-bond acceptors (Lipinski definition) is 4. The van der Waals surface area contributed by atoms with Crippen LogP contribution in [0.4, 0.5) is 5.82 Å². The smallest absolute Gasteiger partial charge is 0.257 e. The minimum Gasteiger partial charge on any atom is -0.383 e. The second-order valence-corrected chi connectivity index (χ2v) is 5.01. The lowest BCUT2D eigenvalue weighted by Crippen LogP contribution is -2.44. The van der Waals surface area contributed by atoms with Crippen LogP contribution >= 0.6 is 11.8 Å². The van der Waals surface area contributed by atoms with Gasteiger partial charge >= 0.3 is 0 Å². The standard InChI is InChI=1S/C11H15N3OS/c1-8-7-16-6-5-14(8)11(15)9-3-2-4-13-10(9)12/h2-4,8H,5-7H2,1H3,(H2,12,13). The minimum atomic E-state index is -0.00148. The molecule has 2 heterocycles. The first-order valence-corrected chi connectivity index (χ1v) is 6.45. The summed E-state index contributed by atoms with van der Waals surface area (Å²) in [4.78, 5) is 18.1. The van der Waals surface area contributed by atoms with Gasteiger partial charge in [0.2, 0.25) is 0 Å². The Bertz CT molecular complexity index is 397. The average molecular weight is 237 g/mol. The Balaban J connectivity index is 2.21. The molecule has 86 valence electrons. The Morgan fingerprint density at radius 2 is 2.50 bits per heavy atom. The van der Waals surface area contributed by atoms with Crippen molar-refractivity contribution in [2.45, 2.75) is 13.0 Å². The van der Waals surface area contributed by atoms with Crippen molar-refractivity contribution in [3.63, 3.8) is 0 Å². The first-order valence-electron chi connectivity index (χ1n) is 5.29. The van der Waals surface area contributed by atoms with Gasteiger partial charge in [-0.25, -0.2) is 4.98 Å². The second kappa shape index (κ2) is 4.74. The van der Waals surface area contributed by atoms with Gasteiger partial charge in [-0.1, -0.05) is 0 Å². The second-order valence-electron chi connectivity index (χ2n) is 3.86. The van der Waals surface area contributed by atoms with E-state index in [0.29, 0.717) is 11.4 Å². The molecule has 4 nitrogen and oxygen atoms in total. The van der Waals surface area contributed by atoms with Crippen molar-refractivity contribution in [2.75, 3.05) is 23.8 Å². The van der Waals surface area contributed by atoms with Crippen molar-refractivity contribution in [1.82, 2.24) is 9.88 Å². The SMILES string of the molecule is CC1CSCCN1C(=O)c1cccnc1N. The largest absolute Gasteiger partial charge is 0.383 e. The fourth-order valence-corrected chi connectivity index (χ4v) is 2.80. The molecule has 0 spiro atoms. The van der Waals surface area contributed by atoms with E-state index in [4.69, 9.17) is 5.73 Å². The third kappa shape index (κ3) is 2.14. The van der Waals surface area contributed by atoms with Crippen LogP contribution in [0.25, 0.3) is 0 Å². The molecule has 2 rings (SSSR count). The molecule has 1 aromatic rings. The summed E-state index contributed by atoms with van der Waals surface area (Å²) >= 11 is 1.88. The molecule has 0 radical (unpaired) electrons. The van der Waals surface area contributed by atoms with Gasteiger partial charge in [0.1, 0.15) is 5.82 Å². The molecule has 2 N–H and O–H groups in total. The number of amides is 1. The van der Waals surface area contributed by atoms with Gasteiger partial charge in [0.15, 0.2) is 0 Å². The van der Waals surface area contributed by atoms with E-state index in [0.717, 1.165) is 18.1 Å². The molecule has 0 aliphatic carbocycles. The van der Waals surface area contributed by atoms with Crippen LogP contribution in [-0.4, -0.2) is 39.9 Å². The van der Waals surface area contributed by atoms with Crippen LogP contribution < -0.4 is 5.73 Å². The maximum atomic E-state index is 12.2. The van der Waals surface area contributed by atoms with Gasteiger partial charge in [0.05, 0.1) is 5.56 Å². The summed E-state index contributed by atoms with van der Waals surface area (Å²) in [6.07, 6.45) is 1.60. The Labute approximate surface area is 99.2 Å². The van der Waals surface area contributed by atoms with E-state index in [-0.39, 0.29) is 11.9 Å². The number of nitrogens with two attached hydrogens (primary N) is 1. The number of aromatic nitrogens is 1. The molecule has 1 aromatic heterocycles. The van der Waals surface area contributed by atoms with Crippen molar-refractivity contribution in [3.05, 3.63) is 23.9 Å². The first kappa shape index (κ1) is 11.3. The van der Waals surface area contributed by atoms with Crippen molar-refractivity contribution < 1.29 is 4.79 Å². The Kier molecular flexibility index (Phi) is 3.33. The van der Waals surface area contributed by atoms with E-state index < -0.39 is 0 Å². The predicted octanol–water partition coefficient (Wildman–Crippen LogP) is 1.24. The van der Waals surface area contributed by atoms with E-state index in [1.165, 1.54) is 0 Å². The molecule has 5 heteroatoms. The number of nitrogen functional groups attached to an aromatic ring is 1. The summed E-state index contributed by atoms with van der Waals surface area (Å²) < 4.78 is 0. The maximum Gasteiger partial charge on any atom is 0.257 e. The van der Waals surface area contributed by atoms with Crippen molar-refractivity contribution in [1.29, 1.82) is 0 Å². The summed E-state index contributed by atoms with van der Waals surface area (Å²) in [6, 6.07) is 3.75. The molecule has 1 atom stereocenters. The molecule has 1 aliphatic heterocycles. The summed E-state index contributed by atoms with van der Waals surface area (Å²) in [5, 5.41) is 0. The molecule has 1 aliphatic rings. The predicted molar refractivity (Wildman–Crippen MR) is 66.5 cm³/mol. The zero-order chi connectivity index (χ0) is 11.5. The first-order chi connectivity index (χ1) is 7.70. The van der Waals surface area contributed by atoms with E-state index in [9.17, 15) is 4.79 Å². The van der Waals surface area contributed by atoms with Crippen molar-refractivity contribution in [3.8, 4) is 0 Å². The summed E-state index contributed by atoms with van der Waals surface area (Å²) in [6.45, 7) is 2.86. The molecule has 0 bridgehead atoms. The number of carbonyl (C=O) groups is 1. The zero-order valence-electron chi connectivity index (χ0n) is 9.22. The van der Waals surface area contributed by atoms with Crippen LogP contribution in [0.5, 0.6) is 0 Å². The van der Waals surface area contributed by atoms with Crippen LogP contribution in [0, 0.1) is 0 Å². The Morgan fingerprint density at radius 3 is 3.19 bits per heavy atom. The van der Waals surface area contributed by atoms with E-state index in [1.807, 2.05) is 16.7 Å². The summed E-state index contributed by atoms with van der Waals surface area (Å²) in [5.74, 6) is 2.30. The maximum absolute atomic E-state index is 12.2. The molecular formula is C11H15N3OS. The lowest BCUT2D eigenvalue weighted by Gasteiger charge is -2.33. The fraction of sp³-hybridized carbons (Fsp3) is 0.455. The highest BCUT2D eigenvalue weighted by atomic mass is 32.2. The molecule has 1 fully saturated rings. The van der Waals surface area contributed by atoms with Gasteiger partial charge in [0, 0.05) is 30.3 Å². The number of anilines is 1.